The molecule has 0 radical (unpaired) electrons. The van der Waals surface area contributed by atoms with Gasteiger partial charge in [0.05, 0.1) is 19.7 Å². The average molecular weight is 488 g/mol. The number of anilines is 1. The lowest BCUT2D eigenvalue weighted by Crippen LogP contribution is -2.42. The summed E-state index contributed by atoms with van der Waals surface area (Å²) < 4.78 is 16.8. The highest BCUT2D eigenvalue weighted by Crippen LogP contribution is 2.34. The van der Waals surface area contributed by atoms with Crippen molar-refractivity contribution in [1.82, 2.24) is 9.80 Å². The predicted octanol–water partition coefficient (Wildman–Crippen LogP) is 3.85. The number of carbonyl (C=O) groups excluding carboxylic acids is 2. The van der Waals surface area contributed by atoms with Crippen LogP contribution >= 0.6 is 11.3 Å². The van der Waals surface area contributed by atoms with Gasteiger partial charge in [-0.05, 0) is 35.9 Å². The third kappa shape index (κ3) is 6.42. The van der Waals surface area contributed by atoms with Crippen LogP contribution in [0.3, 0.4) is 0 Å². The second-order valence-electron chi connectivity index (χ2n) is 8.97. The number of carbonyl (C=O) groups is 2. The highest BCUT2D eigenvalue weighted by molar-refractivity contribution is 7.09. The fourth-order valence-electron chi connectivity index (χ4n) is 4.00. The Kier molecular flexibility index (Phi) is 8.29. The molecule has 1 saturated heterocycles. The Hall–Kier alpha value is -2.78. The zero-order valence-corrected chi connectivity index (χ0v) is 20.7. The van der Waals surface area contributed by atoms with Crippen LogP contribution in [0.5, 0.6) is 11.5 Å². The van der Waals surface area contributed by atoms with Crippen molar-refractivity contribution in [1.29, 1.82) is 0 Å². The predicted molar refractivity (Wildman–Crippen MR) is 132 cm³/mol. The highest BCUT2D eigenvalue weighted by atomic mass is 32.1. The summed E-state index contributed by atoms with van der Waals surface area (Å²) in [5.74, 6) is 1.69. The van der Waals surface area contributed by atoms with E-state index in [4.69, 9.17) is 14.2 Å². The molecule has 1 aromatic carbocycles. The van der Waals surface area contributed by atoms with E-state index in [0.717, 1.165) is 23.5 Å². The third-order valence-electron chi connectivity index (χ3n) is 5.78. The van der Waals surface area contributed by atoms with Crippen LogP contribution in [0.4, 0.5) is 10.5 Å². The number of amides is 2. The normalized spacial score (nSPS) is 16.3. The maximum absolute atomic E-state index is 13.5. The summed E-state index contributed by atoms with van der Waals surface area (Å²) in [6.45, 7) is 8.86. The van der Waals surface area contributed by atoms with Crippen LogP contribution in [0.15, 0.2) is 35.7 Å². The summed E-state index contributed by atoms with van der Waals surface area (Å²) >= 11 is 1.63. The molecule has 0 N–H and O–H groups in total. The number of benzene rings is 1. The minimum absolute atomic E-state index is 0.0147. The van der Waals surface area contributed by atoms with Gasteiger partial charge in [0.2, 0.25) is 5.91 Å². The van der Waals surface area contributed by atoms with Crippen molar-refractivity contribution in [3.05, 3.63) is 40.6 Å². The monoisotopic (exact) mass is 487 g/mol. The lowest BCUT2D eigenvalue weighted by atomic mass is 10.2. The molecule has 1 aromatic heterocycles. The molecule has 2 aliphatic heterocycles. The first-order chi connectivity index (χ1) is 16.5. The van der Waals surface area contributed by atoms with E-state index < -0.39 is 0 Å². The van der Waals surface area contributed by atoms with Gasteiger partial charge >= 0.3 is 6.09 Å². The number of hydrogen-bond acceptors (Lipinski definition) is 7. The second kappa shape index (κ2) is 11.6. The van der Waals surface area contributed by atoms with E-state index in [0.29, 0.717) is 63.4 Å². The van der Waals surface area contributed by atoms with Crippen molar-refractivity contribution < 1.29 is 23.8 Å². The number of thiophene rings is 1. The van der Waals surface area contributed by atoms with Gasteiger partial charge in [0.25, 0.3) is 0 Å². The summed E-state index contributed by atoms with van der Waals surface area (Å²) in [7, 11) is 0. The quantitative estimate of drug-likeness (QED) is 0.591. The van der Waals surface area contributed by atoms with E-state index in [9.17, 15) is 9.59 Å². The van der Waals surface area contributed by atoms with Gasteiger partial charge in [-0.2, -0.15) is 0 Å². The van der Waals surface area contributed by atoms with E-state index in [1.807, 2.05) is 54.5 Å². The molecule has 8 nitrogen and oxygen atoms in total. The van der Waals surface area contributed by atoms with Crippen molar-refractivity contribution >= 4 is 29.0 Å². The molecule has 0 saturated carbocycles. The third-order valence-corrected chi connectivity index (χ3v) is 6.64. The molecule has 2 aliphatic rings. The standard InChI is InChI=1S/C25H33N3O5S/c1-19(2)18-33-25(30)27-9-4-8-26(10-11-27)17-24(29)28(16-21-5-3-14-34-21)20-6-7-22-23(15-20)32-13-12-31-22/h3,5-7,14-15,19H,4,8-13,16-18H2,1-2H3. The molecule has 184 valence electrons. The van der Waals surface area contributed by atoms with E-state index >= 15 is 0 Å². The molecule has 0 aliphatic carbocycles. The minimum Gasteiger partial charge on any atom is -0.486 e. The first-order valence-electron chi connectivity index (χ1n) is 11.9. The molecular weight excluding hydrogens is 454 g/mol. The summed E-state index contributed by atoms with van der Waals surface area (Å²) in [6, 6.07) is 9.69. The Morgan fingerprint density at radius 1 is 1.09 bits per heavy atom. The van der Waals surface area contributed by atoms with E-state index in [2.05, 4.69) is 4.90 Å². The second-order valence-corrected chi connectivity index (χ2v) is 10.0. The van der Waals surface area contributed by atoms with Gasteiger partial charge in [-0.3, -0.25) is 9.69 Å². The molecule has 9 heteroatoms. The molecule has 3 heterocycles. The molecule has 4 rings (SSSR count). The number of rotatable bonds is 7. The van der Waals surface area contributed by atoms with Crippen LogP contribution < -0.4 is 14.4 Å². The van der Waals surface area contributed by atoms with Crippen LogP contribution in [0.25, 0.3) is 0 Å². The maximum Gasteiger partial charge on any atom is 0.409 e. The number of fused-ring (bicyclic) bond motifs is 1. The van der Waals surface area contributed by atoms with Gasteiger partial charge < -0.3 is 24.0 Å². The summed E-state index contributed by atoms with van der Waals surface area (Å²) in [6.07, 6.45) is 0.538. The van der Waals surface area contributed by atoms with Crippen LogP contribution in [-0.2, 0) is 16.1 Å². The summed E-state index contributed by atoms with van der Waals surface area (Å²) in [5, 5.41) is 2.02. The number of hydrogen-bond donors (Lipinski definition) is 0. The summed E-state index contributed by atoms with van der Waals surface area (Å²) in [5.41, 5.74) is 0.788. The van der Waals surface area contributed by atoms with Gasteiger partial charge in [-0.1, -0.05) is 19.9 Å². The fraction of sp³-hybridized carbons (Fsp3) is 0.520. The van der Waals surface area contributed by atoms with Crippen molar-refractivity contribution in [2.45, 2.75) is 26.8 Å². The Bertz CT molecular complexity index is 965. The number of ether oxygens (including phenoxy) is 3. The van der Waals surface area contributed by atoms with Gasteiger partial charge in [-0.15, -0.1) is 11.3 Å². The average Bonchev–Trinajstić information content (AvgIpc) is 3.25. The number of nitrogens with zero attached hydrogens (tertiary/aromatic N) is 3. The lowest BCUT2D eigenvalue weighted by molar-refractivity contribution is -0.119. The van der Waals surface area contributed by atoms with Crippen molar-refractivity contribution in [3.8, 4) is 11.5 Å². The van der Waals surface area contributed by atoms with Crippen molar-refractivity contribution in [2.75, 3.05) is 57.4 Å². The first kappa shape index (κ1) is 24.3. The van der Waals surface area contributed by atoms with Crippen LogP contribution in [0.2, 0.25) is 0 Å². The Morgan fingerprint density at radius 3 is 2.68 bits per heavy atom. The molecule has 2 aromatic rings. The molecule has 1 fully saturated rings. The Balaban J connectivity index is 1.42. The van der Waals surface area contributed by atoms with Gasteiger partial charge in [0.1, 0.15) is 13.2 Å². The van der Waals surface area contributed by atoms with E-state index in [1.54, 1.807) is 16.2 Å². The van der Waals surface area contributed by atoms with Crippen LogP contribution in [-0.4, -0.2) is 74.3 Å². The van der Waals surface area contributed by atoms with Crippen LogP contribution in [0, 0.1) is 5.92 Å². The molecule has 0 unspecified atom stereocenters. The SMILES string of the molecule is CC(C)COC(=O)N1CCCN(CC(=O)N(Cc2cccs2)c2ccc3c(c2)OCCO3)CC1. The highest BCUT2D eigenvalue weighted by Gasteiger charge is 2.25. The Labute approximate surface area is 205 Å². The minimum atomic E-state index is -0.266. The van der Waals surface area contributed by atoms with Crippen molar-refractivity contribution in [2.24, 2.45) is 5.92 Å². The molecule has 0 atom stereocenters. The smallest absolute Gasteiger partial charge is 0.409 e. The van der Waals surface area contributed by atoms with Gasteiger partial charge in [0, 0.05) is 42.8 Å². The lowest BCUT2D eigenvalue weighted by Gasteiger charge is -2.28. The van der Waals surface area contributed by atoms with Gasteiger partial charge in [-0.25, -0.2) is 4.79 Å². The Morgan fingerprint density at radius 2 is 1.91 bits per heavy atom. The maximum atomic E-state index is 13.5. The van der Waals surface area contributed by atoms with E-state index in [1.165, 1.54) is 0 Å². The zero-order valence-electron chi connectivity index (χ0n) is 19.9. The molecule has 0 spiro atoms. The van der Waals surface area contributed by atoms with E-state index in [-0.39, 0.29) is 18.5 Å². The molecule has 0 bridgehead atoms. The molecule has 2 amide bonds. The van der Waals surface area contributed by atoms with Crippen LogP contribution in [0.1, 0.15) is 25.1 Å². The zero-order chi connectivity index (χ0) is 23.9. The largest absolute Gasteiger partial charge is 0.486 e. The topological polar surface area (TPSA) is 71.6 Å². The fourth-order valence-corrected chi connectivity index (χ4v) is 4.69. The van der Waals surface area contributed by atoms with Gasteiger partial charge in [0.15, 0.2) is 11.5 Å². The first-order valence-corrected chi connectivity index (χ1v) is 12.7. The van der Waals surface area contributed by atoms with Crippen molar-refractivity contribution in [3.63, 3.8) is 0 Å². The molecule has 34 heavy (non-hydrogen) atoms. The molecular formula is C25H33N3O5S. The summed E-state index contributed by atoms with van der Waals surface area (Å²) in [4.78, 5) is 32.7.